The first kappa shape index (κ1) is 9.05. The smallest absolute Gasteiger partial charge is 0.449 e. The lowest BCUT2D eigenvalue weighted by Crippen LogP contribution is -2.11. The molecule has 0 saturated carbocycles. The number of benzene rings is 1. The number of primary amides is 1. The molecule has 0 radical (unpaired) electrons. The molecule has 0 saturated heterocycles. The van der Waals surface area contributed by atoms with Gasteiger partial charge >= 0.3 is 6.16 Å². The molecule has 0 spiro atoms. The van der Waals surface area contributed by atoms with Crippen LogP contribution in [0.5, 0.6) is 5.75 Å². The molecule has 0 heterocycles. The summed E-state index contributed by atoms with van der Waals surface area (Å²) in [4.78, 5) is 20.8. The molecule has 1 rings (SSSR count). The molecule has 0 aliphatic heterocycles. The molecule has 13 heavy (non-hydrogen) atoms. The minimum Gasteiger partial charge on any atom is -0.449 e. The van der Waals surface area contributed by atoms with Crippen LogP contribution in [0.15, 0.2) is 24.3 Å². The molecule has 0 bridgehead atoms. The van der Waals surface area contributed by atoms with Crippen LogP contribution in [0, 0.1) is 0 Å². The van der Waals surface area contributed by atoms with Crippen molar-refractivity contribution in [3.63, 3.8) is 0 Å². The average molecular weight is 181 g/mol. The highest BCUT2D eigenvalue weighted by Crippen LogP contribution is 2.12. The van der Waals surface area contributed by atoms with Gasteiger partial charge in [-0.1, -0.05) is 6.07 Å². The molecule has 0 fully saturated rings. The number of hydrogen-bond donors (Lipinski definition) is 2. The van der Waals surface area contributed by atoms with E-state index in [1.54, 1.807) is 0 Å². The van der Waals surface area contributed by atoms with E-state index in [-0.39, 0.29) is 11.3 Å². The third kappa shape index (κ3) is 2.48. The molecule has 5 nitrogen and oxygen atoms in total. The second-order valence-corrected chi connectivity index (χ2v) is 2.26. The van der Waals surface area contributed by atoms with Crippen molar-refractivity contribution < 1.29 is 19.4 Å². The van der Waals surface area contributed by atoms with Crippen molar-refractivity contribution in [2.24, 2.45) is 5.73 Å². The molecule has 0 aliphatic rings. The normalized spacial score (nSPS) is 9.23. The third-order valence-corrected chi connectivity index (χ3v) is 1.32. The van der Waals surface area contributed by atoms with Crippen molar-refractivity contribution in [2.45, 2.75) is 0 Å². The Morgan fingerprint density at radius 2 is 2.08 bits per heavy atom. The lowest BCUT2D eigenvalue weighted by Gasteiger charge is -2.00. The Labute approximate surface area is 73.7 Å². The van der Waals surface area contributed by atoms with E-state index >= 15 is 0 Å². The number of carbonyl (C=O) groups excluding carboxylic acids is 1. The van der Waals surface area contributed by atoms with Crippen molar-refractivity contribution in [2.75, 3.05) is 0 Å². The zero-order valence-electron chi connectivity index (χ0n) is 6.56. The summed E-state index contributed by atoms with van der Waals surface area (Å²) in [6, 6.07) is 5.63. The first-order chi connectivity index (χ1) is 6.09. The lowest BCUT2D eigenvalue weighted by molar-refractivity contribution is 0.0999. The van der Waals surface area contributed by atoms with Crippen molar-refractivity contribution in [3.05, 3.63) is 29.8 Å². The topological polar surface area (TPSA) is 89.6 Å². The van der Waals surface area contributed by atoms with Gasteiger partial charge in [0, 0.05) is 5.56 Å². The van der Waals surface area contributed by atoms with Gasteiger partial charge in [0.1, 0.15) is 5.75 Å². The van der Waals surface area contributed by atoms with E-state index in [1.165, 1.54) is 24.3 Å². The Morgan fingerprint density at radius 3 is 2.62 bits per heavy atom. The summed E-state index contributed by atoms with van der Waals surface area (Å²) in [6.07, 6.45) is -1.43. The van der Waals surface area contributed by atoms with Crippen molar-refractivity contribution >= 4 is 12.1 Å². The fourth-order valence-electron chi connectivity index (χ4n) is 0.814. The monoisotopic (exact) mass is 181 g/mol. The third-order valence-electron chi connectivity index (χ3n) is 1.32. The summed E-state index contributed by atoms with van der Waals surface area (Å²) in [5.74, 6) is -0.556. The molecule has 0 aliphatic carbocycles. The maximum absolute atomic E-state index is 10.7. The van der Waals surface area contributed by atoms with Gasteiger partial charge in [0.15, 0.2) is 0 Å². The highest BCUT2D eigenvalue weighted by Gasteiger charge is 2.04. The molecule has 1 aromatic rings. The quantitative estimate of drug-likeness (QED) is 0.522. The van der Waals surface area contributed by atoms with Crippen LogP contribution in [0.25, 0.3) is 0 Å². The van der Waals surface area contributed by atoms with Gasteiger partial charge in [-0.3, -0.25) is 4.79 Å². The number of amides is 1. The van der Waals surface area contributed by atoms with E-state index in [0.29, 0.717) is 0 Å². The van der Waals surface area contributed by atoms with Crippen LogP contribution < -0.4 is 10.5 Å². The molecule has 1 aromatic carbocycles. The van der Waals surface area contributed by atoms with E-state index in [1.807, 2.05) is 0 Å². The van der Waals surface area contributed by atoms with Gasteiger partial charge in [0.05, 0.1) is 0 Å². The maximum atomic E-state index is 10.7. The minimum absolute atomic E-state index is 0.0730. The molecular formula is C8H7NO4. The van der Waals surface area contributed by atoms with Crippen LogP contribution >= 0.6 is 0 Å². The molecular weight excluding hydrogens is 174 g/mol. The molecule has 5 heteroatoms. The second-order valence-electron chi connectivity index (χ2n) is 2.26. The Morgan fingerprint density at radius 1 is 1.38 bits per heavy atom. The summed E-state index contributed by atoms with van der Waals surface area (Å²) in [6.45, 7) is 0. The van der Waals surface area contributed by atoms with E-state index in [2.05, 4.69) is 4.74 Å². The van der Waals surface area contributed by atoms with Crippen molar-refractivity contribution in [1.82, 2.24) is 0 Å². The zero-order valence-corrected chi connectivity index (χ0v) is 6.56. The van der Waals surface area contributed by atoms with Crippen LogP contribution in [0.2, 0.25) is 0 Å². The number of ether oxygens (including phenoxy) is 1. The van der Waals surface area contributed by atoms with Gasteiger partial charge in [0.25, 0.3) is 0 Å². The van der Waals surface area contributed by atoms with Crippen LogP contribution in [0.4, 0.5) is 4.79 Å². The fraction of sp³-hybridized carbons (Fsp3) is 0. The van der Waals surface area contributed by atoms with Gasteiger partial charge in [-0.25, -0.2) is 4.79 Å². The van der Waals surface area contributed by atoms with Gasteiger partial charge in [-0.05, 0) is 18.2 Å². The summed E-state index contributed by atoms with van der Waals surface area (Å²) < 4.78 is 4.31. The van der Waals surface area contributed by atoms with Gasteiger partial charge in [0.2, 0.25) is 5.91 Å². The highest BCUT2D eigenvalue weighted by atomic mass is 16.7. The summed E-state index contributed by atoms with van der Waals surface area (Å²) in [5.41, 5.74) is 5.18. The number of hydrogen-bond acceptors (Lipinski definition) is 3. The minimum atomic E-state index is -1.43. The summed E-state index contributed by atoms with van der Waals surface area (Å²) in [7, 11) is 0. The van der Waals surface area contributed by atoms with E-state index in [9.17, 15) is 9.59 Å². The molecule has 1 amide bonds. The number of nitrogens with two attached hydrogens (primary N) is 1. The Balaban J connectivity index is 2.91. The molecule has 0 unspecified atom stereocenters. The highest BCUT2D eigenvalue weighted by molar-refractivity contribution is 5.93. The van der Waals surface area contributed by atoms with Gasteiger partial charge in [-0.15, -0.1) is 0 Å². The Bertz CT molecular complexity index is 348. The standard InChI is InChI=1S/C8H7NO4/c9-7(10)5-2-1-3-6(4-5)13-8(11)12/h1-4H,(H2,9,10)(H,11,12). The average Bonchev–Trinajstić information content (AvgIpc) is 2.03. The van der Waals surface area contributed by atoms with Crippen molar-refractivity contribution in [1.29, 1.82) is 0 Å². The van der Waals surface area contributed by atoms with Crippen LogP contribution in [-0.4, -0.2) is 17.2 Å². The number of carbonyl (C=O) groups is 2. The van der Waals surface area contributed by atoms with E-state index < -0.39 is 12.1 Å². The first-order valence-electron chi connectivity index (χ1n) is 3.40. The summed E-state index contributed by atoms with van der Waals surface area (Å²) in [5, 5.41) is 8.26. The van der Waals surface area contributed by atoms with Crippen LogP contribution in [0.3, 0.4) is 0 Å². The van der Waals surface area contributed by atoms with Gasteiger partial charge in [-0.2, -0.15) is 0 Å². The van der Waals surface area contributed by atoms with E-state index in [4.69, 9.17) is 10.8 Å². The SMILES string of the molecule is NC(=O)c1cccc(OC(=O)O)c1. The molecule has 0 aromatic heterocycles. The number of carboxylic acid groups (broad SMARTS) is 1. The molecule has 0 atom stereocenters. The van der Waals surface area contributed by atoms with Crippen LogP contribution in [-0.2, 0) is 0 Å². The lowest BCUT2D eigenvalue weighted by atomic mass is 10.2. The number of rotatable bonds is 2. The Hall–Kier alpha value is -2.04. The second kappa shape index (κ2) is 3.57. The summed E-state index contributed by atoms with van der Waals surface area (Å²) >= 11 is 0. The van der Waals surface area contributed by atoms with E-state index in [0.717, 1.165) is 0 Å². The van der Waals surface area contributed by atoms with Gasteiger partial charge < -0.3 is 15.6 Å². The largest absolute Gasteiger partial charge is 0.511 e. The Kier molecular flexibility index (Phi) is 2.49. The van der Waals surface area contributed by atoms with Crippen LogP contribution in [0.1, 0.15) is 10.4 Å². The predicted octanol–water partition coefficient (Wildman–Crippen LogP) is 0.842. The predicted molar refractivity (Wildman–Crippen MR) is 43.6 cm³/mol. The maximum Gasteiger partial charge on any atom is 0.511 e. The molecule has 3 N–H and O–H groups in total. The zero-order chi connectivity index (χ0) is 9.84. The van der Waals surface area contributed by atoms with Crippen molar-refractivity contribution in [3.8, 4) is 5.75 Å². The fourth-order valence-corrected chi connectivity index (χ4v) is 0.814. The molecule has 68 valence electrons. The first-order valence-corrected chi connectivity index (χ1v) is 3.40.